The number of hydrogen-bond acceptors (Lipinski definition) is 17. The van der Waals surface area contributed by atoms with Gasteiger partial charge in [0.1, 0.15) is 30.6 Å². The lowest BCUT2D eigenvalue weighted by atomic mass is 10.1. The molecule has 26 heteroatoms. The number of alkyl halides is 2. The van der Waals surface area contributed by atoms with Crippen molar-refractivity contribution >= 4 is 73.2 Å². The van der Waals surface area contributed by atoms with Gasteiger partial charge in [-0.25, -0.2) is 32.9 Å². The smallest absolute Gasteiger partial charge is 0.387 e. The number of hydrogen-bond donors (Lipinski definition) is 6. The molecular weight excluding hydrogens is 690 g/mol. The Morgan fingerprint density at radius 2 is 2.02 bits per heavy atom. The number of nitrogens with one attached hydrogen (secondary N) is 1. The number of H-pyrrole nitrogens is 1. The number of rotatable bonds is 10. The normalized spacial score (nSPS) is 27.2. The lowest BCUT2D eigenvalue weighted by Gasteiger charge is -2.24. The summed E-state index contributed by atoms with van der Waals surface area (Å²) in [5.74, 6) is -1.64. The summed E-state index contributed by atoms with van der Waals surface area (Å²) in [5, 5.41) is 15.1. The van der Waals surface area contributed by atoms with Crippen molar-refractivity contribution in [3.8, 4) is 0 Å². The van der Waals surface area contributed by atoms with E-state index < -0.39 is 80.6 Å². The second-order valence-electron chi connectivity index (χ2n) is 9.31. The van der Waals surface area contributed by atoms with Crippen molar-refractivity contribution in [2.45, 2.75) is 35.3 Å². The largest absolute Gasteiger partial charge is 0.463 e. The minimum Gasteiger partial charge on any atom is -0.463 e. The molecule has 0 spiro atoms. The van der Waals surface area contributed by atoms with Crippen LogP contribution < -0.4 is 17.0 Å². The number of aliphatic hydroxyl groups is 1. The van der Waals surface area contributed by atoms with E-state index in [1.165, 1.54) is 10.9 Å². The summed E-state index contributed by atoms with van der Waals surface area (Å²) < 4.78 is 79.1. The number of nitrogens with two attached hydrogens (primary N) is 2. The fourth-order valence-corrected chi connectivity index (χ4v) is 7.89. The van der Waals surface area contributed by atoms with E-state index in [0.717, 1.165) is 22.8 Å². The Balaban J connectivity index is 1.24. The summed E-state index contributed by atoms with van der Waals surface area (Å²) in [6.07, 6.45) is -5.27. The predicted octanol–water partition coefficient (Wildman–Crippen LogP) is 0.380. The molecule has 0 radical (unpaired) electrons. The molecule has 0 saturated carbocycles. The second kappa shape index (κ2) is 12.1. The van der Waals surface area contributed by atoms with Crippen LogP contribution in [0.3, 0.4) is 0 Å². The van der Waals surface area contributed by atoms with Gasteiger partial charge in [0.25, 0.3) is 5.56 Å². The van der Waals surface area contributed by atoms with Crippen LogP contribution in [0.5, 0.6) is 0 Å². The fraction of sp³-hybridized carbons (Fsp3) is 0.421. The standard InChI is InChI=1S/C19H21F2N11O9P2S2/c20-7-6(1-33)45-18(31-4-26-10-15(31)27-19(23)28-16(10)34)12(7)41-43(37,44)38-2-5-11(40-42(35)36)8(21)17(39-5)32-14-9(29-30-32)13(22)24-3-25-14/h3-4,6-8,12,17-18,33,42H,1-2H2,(H,35,36)(H,37,44)(H2,22,24,25)(H3,23,27,28,34)/t6-,7+,8+,12-,17-,18-,43?/m1/s1. The average molecular weight is 712 g/mol. The van der Waals surface area contributed by atoms with Gasteiger partial charge < -0.3 is 30.7 Å². The quantitative estimate of drug-likeness (QED) is 0.0957. The summed E-state index contributed by atoms with van der Waals surface area (Å²) in [7, 11) is -3.78. The molecule has 2 unspecified atom stereocenters. The summed E-state index contributed by atoms with van der Waals surface area (Å²) in [5.41, 5.74) is 10.5. The van der Waals surface area contributed by atoms with Crippen LogP contribution >= 0.6 is 39.1 Å². The lowest BCUT2D eigenvalue weighted by molar-refractivity contribution is 0.0124. The number of aromatic amines is 1. The number of thioether (sulfide) groups is 1. The van der Waals surface area contributed by atoms with Gasteiger partial charge in [0, 0.05) is 0 Å². The molecule has 8 atom stereocenters. The average Bonchev–Trinajstić information content (AvgIpc) is 3.73. The molecule has 0 aromatic carbocycles. The first-order chi connectivity index (χ1) is 21.4. The third-order valence-corrected chi connectivity index (χ3v) is 10.1. The Labute approximate surface area is 258 Å². The fourth-order valence-electron chi connectivity index (χ4n) is 4.62. The van der Waals surface area contributed by atoms with Gasteiger partial charge in [-0.3, -0.25) is 23.4 Å². The number of aliphatic hydroxyl groups excluding tert-OH is 1. The molecule has 4 aromatic heterocycles. The van der Waals surface area contributed by atoms with E-state index in [2.05, 4.69) is 47.5 Å². The van der Waals surface area contributed by atoms with Crippen molar-refractivity contribution in [1.82, 2.24) is 44.5 Å². The molecule has 2 aliphatic rings. The minimum atomic E-state index is -4.58. The van der Waals surface area contributed by atoms with Gasteiger partial charge >= 0.3 is 15.1 Å². The van der Waals surface area contributed by atoms with Gasteiger partial charge in [0.05, 0.1) is 18.2 Å². The van der Waals surface area contributed by atoms with Gasteiger partial charge in [-0.05, 0) is 0 Å². The summed E-state index contributed by atoms with van der Waals surface area (Å²) >= 11 is 4.80. The molecule has 20 nitrogen and oxygen atoms in total. The predicted molar refractivity (Wildman–Crippen MR) is 154 cm³/mol. The molecule has 1 saturated heterocycles. The van der Waals surface area contributed by atoms with Crippen molar-refractivity contribution in [1.29, 1.82) is 0 Å². The van der Waals surface area contributed by atoms with Crippen molar-refractivity contribution in [2.24, 2.45) is 0 Å². The number of fused-ring (bicyclic) bond motifs is 2. The maximum atomic E-state index is 15.5. The van der Waals surface area contributed by atoms with Crippen molar-refractivity contribution in [3.63, 3.8) is 0 Å². The third-order valence-electron chi connectivity index (χ3n) is 6.55. The SMILES string of the molecule is Nc1nc2c(ncn2[C@@H]2S[C@H](CO)[C@H](F)[C@H]2OP(=O)(S)OCC2=C(O[PH](=O)O)[C@H](F)[C@H](n3nnc4c(N)ncnc43)O2)c(=O)[nH]1. The lowest BCUT2D eigenvalue weighted by Crippen LogP contribution is -2.31. The number of anilines is 2. The van der Waals surface area contributed by atoms with Crippen LogP contribution in [-0.2, 0) is 27.4 Å². The first-order valence-corrected chi connectivity index (χ1v) is 17.3. The van der Waals surface area contributed by atoms with Crippen molar-refractivity contribution in [2.75, 3.05) is 24.7 Å². The number of thiol groups is 1. The van der Waals surface area contributed by atoms with E-state index in [-0.39, 0.29) is 34.1 Å². The minimum absolute atomic E-state index is 0.0172. The molecular formula is C19H21F2N11O9P2S2. The molecule has 7 N–H and O–H groups in total. The maximum Gasteiger partial charge on any atom is 0.387 e. The van der Waals surface area contributed by atoms with Crippen LogP contribution in [0.4, 0.5) is 20.5 Å². The Hall–Kier alpha value is -3.37. The van der Waals surface area contributed by atoms with Gasteiger partial charge in [0.2, 0.25) is 18.3 Å². The van der Waals surface area contributed by atoms with E-state index in [1.807, 2.05) is 0 Å². The molecule has 242 valence electrons. The maximum absolute atomic E-state index is 15.5. The highest BCUT2D eigenvalue weighted by Crippen LogP contribution is 2.59. The summed E-state index contributed by atoms with van der Waals surface area (Å²) in [6.45, 7) is -6.12. The molecule has 45 heavy (non-hydrogen) atoms. The highest BCUT2D eigenvalue weighted by Gasteiger charge is 2.50. The van der Waals surface area contributed by atoms with E-state index in [9.17, 15) is 23.9 Å². The monoisotopic (exact) mass is 711 g/mol. The molecule has 2 aliphatic heterocycles. The Morgan fingerprint density at radius 1 is 1.24 bits per heavy atom. The first-order valence-electron chi connectivity index (χ1n) is 12.4. The van der Waals surface area contributed by atoms with E-state index in [4.69, 9.17) is 29.8 Å². The summed E-state index contributed by atoms with van der Waals surface area (Å²) in [6, 6.07) is 0. The Kier molecular flexibility index (Phi) is 8.50. The molecule has 6 heterocycles. The Morgan fingerprint density at radius 3 is 2.76 bits per heavy atom. The number of nitrogen functional groups attached to an aromatic ring is 2. The molecule has 1 fully saturated rings. The molecule has 0 bridgehead atoms. The third kappa shape index (κ3) is 5.87. The van der Waals surface area contributed by atoms with Crippen LogP contribution in [0, 0.1) is 0 Å². The van der Waals surface area contributed by atoms with Crippen LogP contribution in [0.15, 0.2) is 29.0 Å². The molecule has 0 aliphatic carbocycles. The van der Waals surface area contributed by atoms with Gasteiger partial charge in [-0.1, -0.05) is 17.5 Å². The second-order valence-corrected chi connectivity index (χ2v) is 14.3. The van der Waals surface area contributed by atoms with Crippen LogP contribution in [0.1, 0.15) is 11.6 Å². The van der Waals surface area contributed by atoms with Gasteiger partial charge in [-0.15, -0.1) is 16.9 Å². The van der Waals surface area contributed by atoms with Crippen molar-refractivity contribution < 1.29 is 46.2 Å². The van der Waals surface area contributed by atoms with Crippen LogP contribution in [0.2, 0.25) is 0 Å². The molecule has 6 rings (SSSR count). The highest BCUT2D eigenvalue weighted by molar-refractivity contribution is 8.44. The van der Waals surface area contributed by atoms with E-state index in [1.54, 1.807) is 0 Å². The van der Waals surface area contributed by atoms with Crippen molar-refractivity contribution in [3.05, 3.63) is 34.5 Å². The highest BCUT2D eigenvalue weighted by atomic mass is 32.7. The molecule has 4 aromatic rings. The number of aromatic nitrogens is 9. The zero-order chi connectivity index (χ0) is 32.2. The van der Waals surface area contributed by atoms with Crippen LogP contribution in [-0.4, -0.2) is 91.4 Å². The van der Waals surface area contributed by atoms with Crippen LogP contribution in [0.25, 0.3) is 22.3 Å². The molecule has 0 amide bonds. The van der Waals surface area contributed by atoms with Gasteiger partial charge in [0.15, 0.2) is 39.7 Å². The van der Waals surface area contributed by atoms with E-state index >= 15 is 8.78 Å². The Bertz CT molecular complexity index is 1950. The topological polar surface area (TPSA) is 284 Å². The first kappa shape index (κ1) is 31.6. The number of ether oxygens (including phenoxy) is 1. The number of imidazole rings is 1. The number of nitrogens with zero attached hydrogens (tertiary/aromatic N) is 8. The summed E-state index contributed by atoms with van der Waals surface area (Å²) in [4.78, 5) is 39.6. The number of halogens is 2. The van der Waals surface area contributed by atoms with E-state index in [0.29, 0.717) is 0 Å². The zero-order valence-electron chi connectivity index (χ0n) is 22.1. The van der Waals surface area contributed by atoms with Gasteiger partial charge in [-0.2, -0.15) is 9.67 Å². The zero-order valence-corrected chi connectivity index (χ0v) is 25.7.